The number of hydrogen-bond donors (Lipinski definition) is 1. The van der Waals surface area contributed by atoms with Gasteiger partial charge in [0.15, 0.2) is 0 Å². The van der Waals surface area contributed by atoms with Crippen LogP contribution < -0.4 is 14.4 Å². The van der Waals surface area contributed by atoms with Gasteiger partial charge >= 0.3 is 5.97 Å². The number of methoxy groups -OCH3 is 2. The van der Waals surface area contributed by atoms with E-state index < -0.39 is 0 Å². The van der Waals surface area contributed by atoms with E-state index >= 15 is 0 Å². The van der Waals surface area contributed by atoms with Crippen LogP contribution in [0.3, 0.4) is 0 Å². The van der Waals surface area contributed by atoms with Crippen molar-refractivity contribution in [2.45, 2.75) is 30.8 Å². The van der Waals surface area contributed by atoms with Crippen LogP contribution in [0.25, 0.3) is 10.8 Å². The molecule has 0 bridgehead atoms. The van der Waals surface area contributed by atoms with Crippen molar-refractivity contribution in [3.8, 4) is 5.75 Å². The molecule has 0 saturated carbocycles. The summed E-state index contributed by atoms with van der Waals surface area (Å²) in [7, 11) is 3.11. The van der Waals surface area contributed by atoms with Crippen molar-refractivity contribution in [2.75, 3.05) is 23.8 Å². The molecule has 0 aliphatic carbocycles. The van der Waals surface area contributed by atoms with E-state index in [4.69, 9.17) is 9.47 Å². The highest BCUT2D eigenvalue weighted by atomic mass is 32.2. The topological polar surface area (TPSA) is 50.8 Å². The van der Waals surface area contributed by atoms with Gasteiger partial charge in [-0.15, -0.1) is 0 Å². The molecule has 1 N–H and O–H groups in total. The minimum absolute atomic E-state index is 0.0430. The van der Waals surface area contributed by atoms with Gasteiger partial charge in [0, 0.05) is 33.9 Å². The molecule has 0 saturated heterocycles. The second kappa shape index (κ2) is 11.7. The zero-order valence-electron chi connectivity index (χ0n) is 20.2. The molecule has 4 aromatic rings. The Bertz CT molecular complexity index is 1260. The van der Waals surface area contributed by atoms with E-state index in [1.54, 1.807) is 19.1 Å². The maximum atomic E-state index is 12.1. The van der Waals surface area contributed by atoms with Gasteiger partial charge in [-0.05, 0) is 60.8 Å². The molecule has 0 heterocycles. The van der Waals surface area contributed by atoms with Crippen molar-refractivity contribution in [1.29, 1.82) is 0 Å². The van der Waals surface area contributed by atoms with Crippen molar-refractivity contribution in [3.63, 3.8) is 0 Å². The fourth-order valence-electron chi connectivity index (χ4n) is 4.07. The molecule has 0 aliphatic heterocycles. The summed E-state index contributed by atoms with van der Waals surface area (Å²) in [6.45, 7) is 2.76. The highest BCUT2D eigenvalue weighted by Crippen LogP contribution is 2.36. The molecule has 0 amide bonds. The van der Waals surface area contributed by atoms with Crippen molar-refractivity contribution < 1.29 is 14.3 Å². The molecule has 4 rings (SSSR count). The van der Waals surface area contributed by atoms with Crippen LogP contribution >= 0.6 is 11.9 Å². The summed E-state index contributed by atoms with van der Waals surface area (Å²) in [4.78, 5) is 15.5. The first-order chi connectivity index (χ1) is 17.1. The summed E-state index contributed by atoms with van der Waals surface area (Å²) >= 11 is 1.56. The van der Waals surface area contributed by atoms with Gasteiger partial charge < -0.3 is 19.1 Å². The molecule has 0 aromatic heterocycles. The number of hydrogen-bond acceptors (Lipinski definition) is 6. The molecule has 180 valence electrons. The first-order valence-electron chi connectivity index (χ1n) is 11.5. The predicted molar refractivity (Wildman–Crippen MR) is 145 cm³/mol. The van der Waals surface area contributed by atoms with E-state index in [0.29, 0.717) is 13.0 Å². The lowest BCUT2D eigenvalue weighted by atomic mass is 10.0. The summed E-state index contributed by atoms with van der Waals surface area (Å²) in [5.41, 5.74) is 3.30. The van der Waals surface area contributed by atoms with Crippen molar-refractivity contribution in [1.82, 2.24) is 0 Å². The lowest BCUT2D eigenvalue weighted by molar-refractivity contribution is -0.140. The fourth-order valence-corrected chi connectivity index (χ4v) is 4.75. The highest BCUT2D eigenvalue weighted by Gasteiger charge is 2.21. The Kier molecular flexibility index (Phi) is 8.16. The van der Waals surface area contributed by atoms with Crippen LogP contribution in [0.1, 0.15) is 18.9 Å². The number of nitrogens with one attached hydrogen (secondary N) is 1. The second-order valence-electron chi connectivity index (χ2n) is 8.30. The van der Waals surface area contributed by atoms with Gasteiger partial charge in [0.2, 0.25) is 0 Å². The quantitative estimate of drug-likeness (QED) is 0.194. The third kappa shape index (κ3) is 6.08. The third-order valence-corrected chi connectivity index (χ3v) is 6.80. The molecule has 0 spiro atoms. The Morgan fingerprint density at radius 3 is 2.26 bits per heavy atom. The van der Waals surface area contributed by atoms with Crippen LogP contribution in [-0.4, -0.2) is 26.2 Å². The number of benzene rings is 4. The predicted octanol–water partition coefficient (Wildman–Crippen LogP) is 6.93. The van der Waals surface area contributed by atoms with Crippen LogP contribution in [-0.2, 0) is 16.1 Å². The van der Waals surface area contributed by atoms with Crippen LogP contribution in [0, 0.1) is 0 Å². The first kappa shape index (κ1) is 24.5. The Morgan fingerprint density at radius 1 is 0.886 bits per heavy atom. The Balaban J connectivity index is 1.66. The van der Waals surface area contributed by atoms with E-state index in [0.717, 1.165) is 32.8 Å². The number of fused-ring (bicyclic) bond motifs is 1. The fraction of sp³-hybridized carbons (Fsp3) is 0.207. The van der Waals surface area contributed by atoms with Gasteiger partial charge in [-0.1, -0.05) is 54.6 Å². The van der Waals surface area contributed by atoms with Gasteiger partial charge in [0.25, 0.3) is 0 Å². The maximum absolute atomic E-state index is 12.1. The van der Waals surface area contributed by atoms with Gasteiger partial charge in [-0.25, -0.2) is 0 Å². The molecule has 0 unspecified atom stereocenters. The smallest absolute Gasteiger partial charge is 0.307 e. The number of carbonyl (C=O) groups is 1. The summed E-state index contributed by atoms with van der Waals surface area (Å²) in [6, 6.07) is 30.9. The summed E-state index contributed by atoms with van der Waals surface area (Å²) < 4.78 is 13.7. The van der Waals surface area contributed by atoms with Crippen molar-refractivity contribution in [3.05, 3.63) is 96.6 Å². The van der Waals surface area contributed by atoms with E-state index in [1.807, 2.05) is 42.5 Å². The third-order valence-electron chi connectivity index (χ3n) is 5.97. The number of ether oxygens (including phenoxy) is 2. The molecule has 0 aliphatic rings. The normalized spacial score (nSPS) is 11.6. The monoisotopic (exact) mass is 486 g/mol. The number of nitrogens with zero attached hydrogens (tertiary/aromatic N) is 1. The number of carbonyl (C=O) groups excluding carboxylic acids is 1. The Hall–Kier alpha value is -3.64. The van der Waals surface area contributed by atoms with Crippen molar-refractivity contribution >= 4 is 40.1 Å². The lowest BCUT2D eigenvalue weighted by Gasteiger charge is -2.32. The number of esters is 1. The van der Waals surface area contributed by atoms with Crippen LogP contribution in [0.4, 0.5) is 11.4 Å². The first-order valence-corrected chi connectivity index (χ1v) is 12.4. The average Bonchev–Trinajstić information content (AvgIpc) is 2.91. The number of rotatable bonds is 10. The standard InChI is InChI=1S/C29H30N2O3S/c1-21(19-29(32)34-3)31(20-22-9-5-4-6-10-22)28-18-17-27(25-11-7-8-12-26(25)28)30-35-24-15-13-23(33-2)14-16-24/h4-18,21,30H,19-20H2,1-3H3/t21-/m0/s1. The van der Waals surface area contributed by atoms with Gasteiger partial charge in [0.1, 0.15) is 5.75 Å². The lowest BCUT2D eigenvalue weighted by Crippen LogP contribution is -2.34. The summed E-state index contributed by atoms with van der Waals surface area (Å²) in [5.74, 6) is 0.623. The van der Waals surface area contributed by atoms with E-state index in [1.165, 1.54) is 12.7 Å². The van der Waals surface area contributed by atoms with E-state index in [-0.39, 0.29) is 12.0 Å². The summed E-state index contributed by atoms with van der Waals surface area (Å²) in [5, 5.41) is 2.25. The SMILES string of the molecule is COC(=O)C[C@H](C)N(Cc1ccccc1)c1ccc(NSc2ccc(OC)cc2)c2ccccc12. The molecule has 5 nitrogen and oxygen atoms in total. The zero-order valence-corrected chi connectivity index (χ0v) is 21.0. The minimum Gasteiger partial charge on any atom is -0.497 e. The van der Waals surface area contributed by atoms with E-state index in [9.17, 15) is 4.79 Å². The highest BCUT2D eigenvalue weighted by molar-refractivity contribution is 8.00. The van der Waals surface area contributed by atoms with Gasteiger partial charge in [0.05, 0.1) is 26.3 Å². The molecular formula is C29H30N2O3S. The van der Waals surface area contributed by atoms with Gasteiger partial charge in [-0.2, -0.15) is 0 Å². The average molecular weight is 487 g/mol. The number of anilines is 2. The Labute approximate surface area is 211 Å². The minimum atomic E-state index is -0.214. The van der Waals surface area contributed by atoms with E-state index in [2.05, 4.69) is 65.1 Å². The van der Waals surface area contributed by atoms with Crippen LogP contribution in [0.5, 0.6) is 5.75 Å². The second-order valence-corrected chi connectivity index (χ2v) is 9.18. The molecule has 0 fully saturated rings. The molecular weight excluding hydrogens is 456 g/mol. The Morgan fingerprint density at radius 2 is 1.57 bits per heavy atom. The molecule has 6 heteroatoms. The molecule has 35 heavy (non-hydrogen) atoms. The molecule has 4 aromatic carbocycles. The van der Waals surface area contributed by atoms with Crippen molar-refractivity contribution in [2.24, 2.45) is 0 Å². The zero-order chi connectivity index (χ0) is 24.6. The molecule has 0 radical (unpaired) electrons. The largest absolute Gasteiger partial charge is 0.497 e. The summed E-state index contributed by atoms with van der Waals surface area (Å²) in [6.07, 6.45) is 0.310. The van der Waals surface area contributed by atoms with Crippen LogP contribution in [0.2, 0.25) is 0 Å². The maximum Gasteiger partial charge on any atom is 0.307 e. The van der Waals surface area contributed by atoms with Gasteiger partial charge in [-0.3, -0.25) is 4.79 Å². The van der Waals surface area contributed by atoms with Crippen LogP contribution in [0.15, 0.2) is 95.9 Å². The molecule has 1 atom stereocenters.